The zero-order chi connectivity index (χ0) is 19.9. The summed E-state index contributed by atoms with van der Waals surface area (Å²) in [5.74, 6) is 4.55. The summed E-state index contributed by atoms with van der Waals surface area (Å²) < 4.78 is 11.0. The van der Waals surface area contributed by atoms with Gasteiger partial charge < -0.3 is 30.3 Å². The molecule has 0 amide bonds. The molecule has 0 unspecified atom stereocenters. The molecule has 3 aliphatic rings. The van der Waals surface area contributed by atoms with Crippen LogP contribution in [0.15, 0.2) is 23.2 Å². The summed E-state index contributed by atoms with van der Waals surface area (Å²) in [6.07, 6.45) is 5.14. The van der Waals surface area contributed by atoms with Crippen LogP contribution >= 0.6 is 11.8 Å². The molecule has 0 atom stereocenters. The van der Waals surface area contributed by atoms with Gasteiger partial charge in [0.25, 0.3) is 0 Å². The first kappa shape index (κ1) is 20.6. The third-order valence-corrected chi connectivity index (χ3v) is 6.80. The standard InChI is InChI=1S/C21H33N5O2S/c22-7-13-29-14-8-23-21(24-17-3-4-19-20(15-17)28-16-27-19)26-11-5-18(6-12-26)25-9-1-2-10-25/h3-4,15,18H,1-2,5-14,16,22H2,(H,23,24). The Kier molecular flexibility index (Phi) is 7.40. The molecule has 8 heteroatoms. The Morgan fingerprint density at radius 1 is 1.10 bits per heavy atom. The fourth-order valence-electron chi connectivity index (χ4n) is 4.27. The third kappa shape index (κ3) is 5.49. The second-order valence-electron chi connectivity index (χ2n) is 7.76. The number of anilines is 1. The van der Waals surface area contributed by atoms with E-state index in [4.69, 9.17) is 20.2 Å². The number of nitrogens with zero attached hydrogens (tertiary/aromatic N) is 3. The van der Waals surface area contributed by atoms with Crippen LogP contribution in [0.3, 0.4) is 0 Å². The Bertz CT molecular complexity index is 688. The van der Waals surface area contributed by atoms with Gasteiger partial charge in [0.1, 0.15) is 0 Å². The number of fused-ring (bicyclic) bond motifs is 1. The molecule has 1 aromatic rings. The summed E-state index contributed by atoms with van der Waals surface area (Å²) in [5.41, 5.74) is 6.59. The highest BCUT2D eigenvalue weighted by Crippen LogP contribution is 2.34. The Morgan fingerprint density at radius 2 is 1.90 bits per heavy atom. The van der Waals surface area contributed by atoms with Crippen LogP contribution in [0.5, 0.6) is 11.5 Å². The minimum absolute atomic E-state index is 0.294. The molecule has 3 N–H and O–H groups in total. The van der Waals surface area contributed by atoms with E-state index in [0.29, 0.717) is 6.79 Å². The number of likely N-dealkylation sites (tertiary alicyclic amines) is 2. The van der Waals surface area contributed by atoms with Gasteiger partial charge in [-0.3, -0.25) is 4.99 Å². The van der Waals surface area contributed by atoms with Crippen LogP contribution in [-0.4, -0.2) is 79.4 Å². The molecule has 2 saturated heterocycles. The van der Waals surface area contributed by atoms with Gasteiger partial charge in [-0.25, -0.2) is 0 Å². The Morgan fingerprint density at radius 3 is 2.69 bits per heavy atom. The number of piperidine rings is 1. The van der Waals surface area contributed by atoms with Gasteiger partial charge in [0, 0.05) is 48.9 Å². The maximum Gasteiger partial charge on any atom is 0.231 e. The smallest absolute Gasteiger partial charge is 0.231 e. The van der Waals surface area contributed by atoms with Crippen molar-refractivity contribution in [2.24, 2.45) is 10.7 Å². The van der Waals surface area contributed by atoms with Crippen LogP contribution in [-0.2, 0) is 0 Å². The fourth-order valence-corrected chi connectivity index (χ4v) is 4.86. The normalized spacial score (nSPS) is 20.4. The molecule has 0 aliphatic carbocycles. The van der Waals surface area contributed by atoms with Gasteiger partial charge in [0.15, 0.2) is 17.5 Å². The number of benzene rings is 1. The van der Waals surface area contributed by atoms with E-state index in [9.17, 15) is 0 Å². The van der Waals surface area contributed by atoms with Crippen molar-refractivity contribution >= 4 is 23.4 Å². The van der Waals surface area contributed by atoms with Crippen LogP contribution in [0.4, 0.5) is 5.69 Å². The monoisotopic (exact) mass is 419 g/mol. The van der Waals surface area contributed by atoms with Crippen molar-refractivity contribution in [3.8, 4) is 11.5 Å². The average molecular weight is 420 g/mol. The molecule has 2 fully saturated rings. The lowest BCUT2D eigenvalue weighted by atomic mass is 10.0. The number of nitrogens with two attached hydrogens (primary N) is 1. The quantitative estimate of drug-likeness (QED) is 0.399. The summed E-state index contributed by atoms with van der Waals surface area (Å²) in [6, 6.07) is 6.72. The van der Waals surface area contributed by atoms with Gasteiger partial charge in [-0.15, -0.1) is 0 Å². The fraction of sp³-hybridized carbons (Fsp3) is 0.667. The van der Waals surface area contributed by atoms with Crippen molar-refractivity contribution < 1.29 is 9.47 Å². The van der Waals surface area contributed by atoms with Crippen molar-refractivity contribution in [3.63, 3.8) is 0 Å². The van der Waals surface area contributed by atoms with E-state index in [1.54, 1.807) is 0 Å². The van der Waals surface area contributed by atoms with Gasteiger partial charge in [-0.05, 0) is 50.9 Å². The maximum absolute atomic E-state index is 5.60. The van der Waals surface area contributed by atoms with Gasteiger partial charge in [-0.2, -0.15) is 11.8 Å². The highest BCUT2D eigenvalue weighted by atomic mass is 32.2. The van der Waals surface area contributed by atoms with Crippen LogP contribution in [0.2, 0.25) is 0 Å². The minimum Gasteiger partial charge on any atom is -0.454 e. The van der Waals surface area contributed by atoms with Crippen molar-refractivity contribution in [1.82, 2.24) is 9.80 Å². The molecule has 0 bridgehead atoms. The molecule has 3 aliphatic heterocycles. The summed E-state index contributed by atoms with van der Waals surface area (Å²) in [4.78, 5) is 10.0. The molecule has 0 radical (unpaired) electrons. The number of hydrogen-bond donors (Lipinski definition) is 2. The van der Waals surface area contributed by atoms with Gasteiger partial charge in [0.05, 0.1) is 6.54 Å². The molecule has 29 heavy (non-hydrogen) atoms. The highest BCUT2D eigenvalue weighted by molar-refractivity contribution is 7.99. The molecular weight excluding hydrogens is 386 g/mol. The number of thioether (sulfide) groups is 1. The van der Waals surface area contributed by atoms with Crippen molar-refractivity contribution in [2.45, 2.75) is 31.7 Å². The first-order chi connectivity index (χ1) is 14.3. The van der Waals surface area contributed by atoms with E-state index < -0.39 is 0 Å². The summed E-state index contributed by atoms with van der Waals surface area (Å²) in [6.45, 7) is 6.46. The summed E-state index contributed by atoms with van der Waals surface area (Å²) in [7, 11) is 0. The largest absolute Gasteiger partial charge is 0.454 e. The predicted octanol–water partition coefficient (Wildman–Crippen LogP) is 2.44. The third-order valence-electron chi connectivity index (χ3n) is 5.81. The van der Waals surface area contributed by atoms with Crippen molar-refractivity contribution in [1.29, 1.82) is 0 Å². The van der Waals surface area contributed by atoms with Gasteiger partial charge in [0.2, 0.25) is 6.79 Å². The van der Waals surface area contributed by atoms with E-state index in [1.807, 2.05) is 30.0 Å². The van der Waals surface area contributed by atoms with Crippen LogP contribution in [0, 0.1) is 0 Å². The SMILES string of the molecule is NCCSCCN=C(Nc1ccc2c(c1)OCO2)N1CCC(N2CCCC2)CC1. The number of hydrogen-bond acceptors (Lipinski definition) is 6. The lowest BCUT2D eigenvalue weighted by Crippen LogP contribution is -2.47. The number of aliphatic imine (C=N–C) groups is 1. The lowest BCUT2D eigenvalue weighted by Gasteiger charge is -2.38. The number of ether oxygens (including phenoxy) is 2. The topological polar surface area (TPSA) is 75.3 Å². The lowest BCUT2D eigenvalue weighted by molar-refractivity contribution is 0.163. The van der Waals surface area contributed by atoms with Crippen LogP contribution in [0.1, 0.15) is 25.7 Å². The maximum atomic E-state index is 5.60. The van der Waals surface area contributed by atoms with Crippen LogP contribution in [0.25, 0.3) is 0 Å². The first-order valence-electron chi connectivity index (χ1n) is 10.8. The minimum atomic E-state index is 0.294. The number of guanidine groups is 1. The van der Waals surface area contributed by atoms with Crippen molar-refractivity contribution in [3.05, 3.63) is 18.2 Å². The Hall–Kier alpha value is -1.64. The highest BCUT2D eigenvalue weighted by Gasteiger charge is 2.27. The molecule has 0 aromatic heterocycles. The molecule has 3 heterocycles. The molecule has 7 nitrogen and oxygen atoms in total. The van der Waals surface area contributed by atoms with Gasteiger partial charge >= 0.3 is 0 Å². The Labute approximate surface area is 178 Å². The van der Waals surface area contributed by atoms with E-state index in [0.717, 1.165) is 66.9 Å². The molecule has 1 aromatic carbocycles. The van der Waals surface area contributed by atoms with E-state index >= 15 is 0 Å². The molecule has 160 valence electrons. The first-order valence-corrected chi connectivity index (χ1v) is 12.0. The second-order valence-corrected chi connectivity index (χ2v) is 8.99. The predicted molar refractivity (Wildman–Crippen MR) is 120 cm³/mol. The van der Waals surface area contributed by atoms with E-state index in [1.165, 1.54) is 38.8 Å². The second kappa shape index (κ2) is 10.4. The summed E-state index contributed by atoms with van der Waals surface area (Å²) in [5, 5.41) is 3.55. The zero-order valence-corrected chi connectivity index (χ0v) is 18.0. The van der Waals surface area contributed by atoms with E-state index in [2.05, 4.69) is 15.1 Å². The average Bonchev–Trinajstić information content (AvgIpc) is 3.44. The molecular formula is C21H33N5O2S. The Balaban J connectivity index is 1.38. The number of rotatable bonds is 7. The summed E-state index contributed by atoms with van der Waals surface area (Å²) >= 11 is 1.86. The molecule has 4 rings (SSSR count). The molecule has 0 saturated carbocycles. The van der Waals surface area contributed by atoms with E-state index in [-0.39, 0.29) is 0 Å². The van der Waals surface area contributed by atoms with Crippen molar-refractivity contribution in [2.75, 3.05) is 62.9 Å². The zero-order valence-electron chi connectivity index (χ0n) is 17.1. The van der Waals surface area contributed by atoms with Crippen LogP contribution < -0.4 is 20.5 Å². The van der Waals surface area contributed by atoms with Gasteiger partial charge in [-0.1, -0.05) is 0 Å². The molecule has 0 spiro atoms. The number of nitrogens with one attached hydrogen (secondary N) is 1.